The Kier molecular flexibility index (Phi) is 6.89. The number of aromatic nitrogens is 5. The molecule has 9 nitrogen and oxygen atoms in total. The molecule has 9 heteroatoms. The van der Waals surface area contributed by atoms with Crippen molar-refractivity contribution in [1.82, 2.24) is 30.1 Å². The monoisotopic (exact) mass is 446 g/mol. The van der Waals surface area contributed by atoms with Crippen molar-refractivity contribution in [2.75, 3.05) is 6.61 Å². The van der Waals surface area contributed by atoms with E-state index < -0.39 is 5.97 Å². The number of nitrogens with zero attached hydrogens (tertiary/aromatic N) is 5. The predicted octanol–water partition coefficient (Wildman–Crippen LogP) is 2.59. The zero-order valence-electron chi connectivity index (χ0n) is 18.7. The summed E-state index contributed by atoms with van der Waals surface area (Å²) in [6.45, 7) is 5.30. The number of carbonyl (C=O) groups is 1. The average molecular weight is 447 g/mol. The molecule has 0 bridgehead atoms. The topological polar surface area (TPSA) is 106 Å². The molecule has 2 aromatic heterocycles. The maximum absolute atomic E-state index is 12.8. The Morgan fingerprint density at radius 1 is 1.09 bits per heavy atom. The molecule has 0 radical (unpaired) electrons. The Balaban J connectivity index is 1.61. The summed E-state index contributed by atoms with van der Waals surface area (Å²) >= 11 is 0. The van der Waals surface area contributed by atoms with Crippen molar-refractivity contribution in [2.45, 2.75) is 40.0 Å². The molecule has 4 rings (SSSR count). The second-order valence-corrected chi connectivity index (χ2v) is 7.90. The van der Waals surface area contributed by atoms with Crippen LogP contribution >= 0.6 is 0 Å². The van der Waals surface area contributed by atoms with Gasteiger partial charge in [0.15, 0.2) is 5.82 Å². The smallest absolute Gasteiger partial charge is 0.327 e. The van der Waals surface area contributed by atoms with Gasteiger partial charge in [0.2, 0.25) is 0 Å². The molecule has 0 amide bonds. The van der Waals surface area contributed by atoms with Crippen molar-refractivity contribution < 1.29 is 9.53 Å². The summed E-state index contributed by atoms with van der Waals surface area (Å²) in [6, 6.07) is 17.9. The van der Waals surface area contributed by atoms with Crippen molar-refractivity contribution in [1.29, 1.82) is 0 Å². The molecule has 170 valence electrons. The zero-order chi connectivity index (χ0) is 23.2. The van der Waals surface area contributed by atoms with Crippen molar-refractivity contribution >= 4 is 16.9 Å². The van der Waals surface area contributed by atoms with Crippen molar-refractivity contribution in [3.63, 3.8) is 0 Å². The number of benzene rings is 2. The largest absolute Gasteiger partial charge is 0.465 e. The van der Waals surface area contributed by atoms with Crippen molar-refractivity contribution in [2.24, 2.45) is 0 Å². The minimum atomic E-state index is -0.401. The molecule has 0 saturated carbocycles. The highest BCUT2D eigenvalue weighted by Crippen LogP contribution is 2.16. The number of H-pyrrole nitrogens is 1. The van der Waals surface area contributed by atoms with Crippen LogP contribution in [0, 0.1) is 6.92 Å². The number of fused-ring (bicyclic) bond motifs is 1. The number of aromatic amines is 1. The van der Waals surface area contributed by atoms with Gasteiger partial charge < -0.3 is 9.72 Å². The molecule has 0 aliphatic carbocycles. The van der Waals surface area contributed by atoms with Crippen LogP contribution in [0.25, 0.3) is 10.9 Å². The number of pyridine rings is 1. The first kappa shape index (κ1) is 22.3. The van der Waals surface area contributed by atoms with E-state index in [0.29, 0.717) is 37.6 Å². The third-order valence-electron chi connectivity index (χ3n) is 5.28. The predicted molar refractivity (Wildman–Crippen MR) is 123 cm³/mol. The first-order valence-corrected chi connectivity index (χ1v) is 10.8. The van der Waals surface area contributed by atoms with Gasteiger partial charge in [-0.1, -0.05) is 42.5 Å². The summed E-state index contributed by atoms with van der Waals surface area (Å²) in [5, 5.41) is 12.7. The maximum atomic E-state index is 12.8. The zero-order valence-corrected chi connectivity index (χ0v) is 18.7. The van der Waals surface area contributed by atoms with Gasteiger partial charge >= 0.3 is 5.97 Å². The van der Waals surface area contributed by atoms with E-state index in [2.05, 4.69) is 25.4 Å². The van der Waals surface area contributed by atoms with Crippen LogP contribution in [-0.4, -0.2) is 42.7 Å². The lowest BCUT2D eigenvalue weighted by Gasteiger charge is -2.22. The Morgan fingerprint density at radius 3 is 2.70 bits per heavy atom. The fraction of sp³-hybridized carbons (Fsp3) is 0.292. The normalized spacial score (nSPS) is 11.2. The molecule has 0 saturated heterocycles. The number of carbonyl (C=O) groups excluding carboxylic acids is 1. The molecule has 1 N–H and O–H groups in total. The molecule has 2 heterocycles. The van der Waals surface area contributed by atoms with Crippen LogP contribution in [0.2, 0.25) is 0 Å². The molecular formula is C24H26N6O3. The van der Waals surface area contributed by atoms with Crippen LogP contribution in [0.1, 0.15) is 29.4 Å². The van der Waals surface area contributed by atoms with E-state index in [0.717, 1.165) is 22.0 Å². The Bertz CT molecular complexity index is 1300. The molecule has 0 aliphatic heterocycles. The lowest BCUT2D eigenvalue weighted by Crippen LogP contribution is -2.28. The lowest BCUT2D eigenvalue weighted by molar-refractivity contribution is -0.144. The van der Waals surface area contributed by atoms with Gasteiger partial charge in [-0.25, -0.2) is 4.68 Å². The van der Waals surface area contributed by atoms with Gasteiger partial charge in [0.1, 0.15) is 6.54 Å². The first-order valence-electron chi connectivity index (χ1n) is 10.8. The second kappa shape index (κ2) is 10.2. The molecule has 0 unspecified atom stereocenters. The number of hydrogen-bond acceptors (Lipinski definition) is 7. The number of rotatable bonds is 9. The van der Waals surface area contributed by atoms with E-state index in [9.17, 15) is 9.59 Å². The molecular weight excluding hydrogens is 420 g/mol. The van der Waals surface area contributed by atoms with Crippen molar-refractivity contribution in [3.8, 4) is 0 Å². The Hall–Kier alpha value is -3.85. The third-order valence-corrected chi connectivity index (χ3v) is 5.28. The first-order chi connectivity index (χ1) is 16.0. The van der Waals surface area contributed by atoms with Gasteiger partial charge in [0.25, 0.3) is 5.56 Å². The van der Waals surface area contributed by atoms with E-state index in [1.807, 2.05) is 61.5 Å². The molecule has 33 heavy (non-hydrogen) atoms. The highest BCUT2D eigenvalue weighted by atomic mass is 16.5. The van der Waals surface area contributed by atoms with Gasteiger partial charge in [-0.05, 0) is 52.9 Å². The number of tetrazole rings is 1. The number of aryl methyl sites for hydroxylation is 1. The standard InChI is InChI=1S/C24H26N6O3/c1-3-33-23(31)16-30-22(26-27-28-30)15-29(13-18-7-5-4-6-8-18)14-20-12-19-10-9-17(2)11-21(19)25-24(20)32/h4-12H,3,13-16H2,1-2H3,(H,25,32). The summed E-state index contributed by atoms with van der Waals surface area (Å²) in [5.74, 6) is 0.119. The van der Waals surface area contributed by atoms with Gasteiger partial charge in [-0.15, -0.1) is 5.10 Å². The Labute approximate surface area is 191 Å². The molecule has 0 spiro atoms. The highest BCUT2D eigenvalue weighted by Gasteiger charge is 2.17. The van der Waals surface area contributed by atoms with Gasteiger partial charge in [-0.2, -0.15) is 0 Å². The minimum absolute atomic E-state index is 0.0642. The molecule has 2 aromatic carbocycles. The Morgan fingerprint density at radius 2 is 1.91 bits per heavy atom. The summed E-state index contributed by atoms with van der Waals surface area (Å²) in [6.07, 6.45) is 0. The summed E-state index contributed by atoms with van der Waals surface area (Å²) in [5.41, 5.74) is 3.51. The minimum Gasteiger partial charge on any atom is -0.465 e. The van der Waals surface area contributed by atoms with E-state index in [1.165, 1.54) is 4.68 Å². The van der Waals surface area contributed by atoms with Gasteiger partial charge in [-0.3, -0.25) is 14.5 Å². The maximum Gasteiger partial charge on any atom is 0.327 e. The SMILES string of the molecule is CCOC(=O)Cn1nnnc1CN(Cc1ccccc1)Cc1cc2ccc(C)cc2[nH]c1=O. The van der Waals surface area contributed by atoms with E-state index in [4.69, 9.17) is 4.74 Å². The average Bonchev–Trinajstić information content (AvgIpc) is 3.21. The van der Waals surface area contributed by atoms with E-state index >= 15 is 0 Å². The van der Waals surface area contributed by atoms with Crippen LogP contribution in [-0.2, 0) is 35.7 Å². The van der Waals surface area contributed by atoms with Gasteiger partial charge in [0.05, 0.1) is 13.2 Å². The fourth-order valence-corrected chi connectivity index (χ4v) is 3.72. The highest BCUT2D eigenvalue weighted by molar-refractivity contribution is 5.79. The molecule has 4 aromatic rings. The van der Waals surface area contributed by atoms with Crippen LogP contribution in [0.3, 0.4) is 0 Å². The number of nitrogens with one attached hydrogen (secondary N) is 1. The third kappa shape index (κ3) is 5.69. The van der Waals surface area contributed by atoms with E-state index in [1.54, 1.807) is 6.92 Å². The molecule has 0 atom stereocenters. The lowest BCUT2D eigenvalue weighted by atomic mass is 10.1. The van der Waals surface area contributed by atoms with Crippen LogP contribution < -0.4 is 5.56 Å². The number of ether oxygens (including phenoxy) is 1. The number of hydrogen-bond donors (Lipinski definition) is 1. The summed E-state index contributed by atoms with van der Waals surface area (Å²) < 4.78 is 6.45. The molecule has 0 aliphatic rings. The fourth-order valence-electron chi connectivity index (χ4n) is 3.72. The molecule has 0 fully saturated rings. The summed E-state index contributed by atoms with van der Waals surface area (Å²) in [7, 11) is 0. The van der Waals surface area contributed by atoms with E-state index in [-0.39, 0.29) is 12.1 Å². The van der Waals surface area contributed by atoms with Crippen molar-refractivity contribution in [3.05, 3.63) is 87.5 Å². The summed E-state index contributed by atoms with van der Waals surface area (Å²) in [4.78, 5) is 29.8. The van der Waals surface area contributed by atoms with Crippen LogP contribution in [0.15, 0.2) is 59.4 Å². The second-order valence-electron chi connectivity index (χ2n) is 7.90. The quantitative estimate of drug-likeness (QED) is 0.394. The van der Waals surface area contributed by atoms with Crippen LogP contribution in [0.5, 0.6) is 0 Å². The number of esters is 1. The van der Waals surface area contributed by atoms with Gasteiger partial charge in [0, 0.05) is 24.2 Å². The van der Waals surface area contributed by atoms with Crippen LogP contribution in [0.4, 0.5) is 0 Å².